The Bertz CT molecular complexity index is 605. The summed E-state index contributed by atoms with van der Waals surface area (Å²) in [4.78, 5) is 7.21. The maximum absolute atomic E-state index is 5.47. The summed E-state index contributed by atoms with van der Waals surface area (Å²) in [6.45, 7) is 4.11. The number of aryl methyl sites for hydroxylation is 1. The summed E-state index contributed by atoms with van der Waals surface area (Å²) in [6, 6.07) is 4.08. The summed E-state index contributed by atoms with van der Waals surface area (Å²) < 4.78 is 6.08. The maximum Gasteiger partial charge on any atom is 0.131 e. The van der Waals surface area contributed by atoms with E-state index in [-0.39, 0.29) is 0 Å². The van der Waals surface area contributed by atoms with Crippen molar-refractivity contribution in [2.75, 3.05) is 7.11 Å². The number of nitrogens with one attached hydrogen (secondary N) is 1. The second-order valence-corrected chi connectivity index (χ2v) is 4.34. The third kappa shape index (κ3) is 2.22. The quantitative estimate of drug-likeness (QED) is 0.825. The summed E-state index contributed by atoms with van der Waals surface area (Å²) in [7, 11) is 1.68. The zero-order valence-corrected chi connectivity index (χ0v) is 10.9. The van der Waals surface area contributed by atoms with E-state index in [9.17, 15) is 0 Å². The van der Waals surface area contributed by atoms with Gasteiger partial charge in [0.15, 0.2) is 0 Å². The Morgan fingerprint density at radius 3 is 2.65 bits per heavy atom. The normalized spacial score (nSPS) is 10.3. The van der Waals surface area contributed by atoms with Crippen LogP contribution >= 0.6 is 12.2 Å². The molecule has 0 saturated heterocycles. The van der Waals surface area contributed by atoms with Crippen LogP contribution in [0.25, 0.3) is 11.3 Å². The van der Waals surface area contributed by atoms with E-state index >= 15 is 0 Å². The van der Waals surface area contributed by atoms with Crippen LogP contribution in [0.15, 0.2) is 24.5 Å². The molecule has 0 aliphatic carbocycles. The van der Waals surface area contributed by atoms with Crippen molar-refractivity contribution in [2.24, 2.45) is 0 Å². The molecule has 17 heavy (non-hydrogen) atoms. The van der Waals surface area contributed by atoms with Crippen molar-refractivity contribution in [1.82, 2.24) is 9.97 Å². The van der Waals surface area contributed by atoms with E-state index in [0.29, 0.717) is 4.64 Å². The first kappa shape index (κ1) is 11.8. The first-order valence-electron chi connectivity index (χ1n) is 5.32. The van der Waals surface area contributed by atoms with Gasteiger partial charge in [0.2, 0.25) is 0 Å². The SMILES string of the molecule is COc1c(-c2cncc(=S)[nH]2)ccc(C)c1C. The van der Waals surface area contributed by atoms with Crippen molar-refractivity contribution in [3.05, 3.63) is 40.3 Å². The molecule has 1 aromatic carbocycles. The maximum atomic E-state index is 5.47. The average Bonchev–Trinajstić information content (AvgIpc) is 2.32. The number of hydrogen-bond acceptors (Lipinski definition) is 3. The van der Waals surface area contributed by atoms with E-state index in [1.54, 1.807) is 19.5 Å². The molecular weight excluding hydrogens is 232 g/mol. The van der Waals surface area contributed by atoms with Gasteiger partial charge in [-0.3, -0.25) is 4.98 Å². The van der Waals surface area contributed by atoms with Crippen LogP contribution in [0.4, 0.5) is 0 Å². The first-order chi connectivity index (χ1) is 8.13. The molecule has 0 unspecified atom stereocenters. The van der Waals surface area contributed by atoms with Gasteiger partial charge < -0.3 is 9.72 Å². The molecule has 1 N–H and O–H groups in total. The fourth-order valence-electron chi connectivity index (χ4n) is 1.78. The molecule has 1 heterocycles. The lowest BCUT2D eigenvalue weighted by Gasteiger charge is -2.13. The van der Waals surface area contributed by atoms with Crippen LogP contribution in [0.3, 0.4) is 0 Å². The predicted octanol–water partition coefficient (Wildman–Crippen LogP) is 3.43. The van der Waals surface area contributed by atoms with Crippen LogP contribution < -0.4 is 4.74 Å². The van der Waals surface area contributed by atoms with Crippen LogP contribution in [-0.2, 0) is 0 Å². The summed E-state index contributed by atoms with van der Waals surface area (Å²) >= 11 is 5.08. The number of hydrogen-bond donors (Lipinski definition) is 1. The Hall–Kier alpha value is -1.68. The molecule has 2 aromatic rings. The summed E-state index contributed by atoms with van der Waals surface area (Å²) in [6.07, 6.45) is 3.37. The van der Waals surface area contributed by atoms with Gasteiger partial charge in [0.25, 0.3) is 0 Å². The second kappa shape index (κ2) is 4.67. The molecule has 0 saturated carbocycles. The second-order valence-electron chi connectivity index (χ2n) is 3.90. The Morgan fingerprint density at radius 2 is 2.00 bits per heavy atom. The number of aromatic amines is 1. The minimum absolute atomic E-state index is 0.614. The summed E-state index contributed by atoms with van der Waals surface area (Å²) in [5, 5.41) is 0. The highest BCUT2D eigenvalue weighted by Crippen LogP contribution is 2.32. The van der Waals surface area contributed by atoms with Crippen LogP contribution in [0.2, 0.25) is 0 Å². The average molecular weight is 246 g/mol. The number of nitrogens with zero attached hydrogens (tertiary/aromatic N) is 1. The third-order valence-electron chi connectivity index (χ3n) is 2.82. The van der Waals surface area contributed by atoms with Crippen molar-refractivity contribution >= 4 is 12.2 Å². The lowest BCUT2D eigenvalue weighted by atomic mass is 10.0. The van der Waals surface area contributed by atoms with Gasteiger partial charge in [-0.05, 0) is 31.0 Å². The van der Waals surface area contributed by atoms with Gasteiger partial charge in [-0.15, -0.1) is 0 Å². The van der Waals surface area contributed by atoms with E-state index < -0.39 is 0 Å². The van der Waals surface area contributed by atoms with Gasteiger partial charge in [-0.2, -0.15) is 0 Å². The van der Waals surface area contributed by atoms with Gasteiger partial charge in [-0.25, -0.2) is 0 Å². The van der Waals surface area contributed by atoms with E-state index in [2.05, 4.69) is 23.0 Å². The molecule has 2 rings (SSSR count). The van der Waals surface area contributed by atoms with Crippen molar-refractivity contribution in [3.63, 3.8) is 0 Å². The van der Waals surface area contributed by atoms with Crippen molar-refractivity contribution in [3.8, 4) is 17.0 Å². The van der Waals surface area contributed by atoms with Gasteiger partial charge in [0.05, 0.1) is 25.2 Å². The highest BCUT2D eigenvalue weighted by atomic mass is 32.1. The monoisotopic (exact) mass is 246 g/mol. The molecule has 0 bridgehead atoms. The van der Waals surface area contributed by atoms with Crippen molar-refractivity contribution < 1.29 is 4.74 Å². The zero-order chi connectivity index (χ0) is 12.4. The molecule has 0 radical (unpaired) electrons. The molecule has 0 atom stereocenters. The zero-order valence-electron chi connectivity index (χ0n) is 10.1. The molecule has 0 amide bonds. The van der Waals surface area contributed by atoms with Crippen molar-refractivity contribution in [1.29, 1.82) is 0 Å². The number of ether oxygens (including phenoxy) is 1. The van der Waals surface area contributed by atoms with Crippen LogP contribution in [0.5, 0.6) is 5.75 Å². The van der Waals surface area contributed by atoms with Crippen LogP contribution in [0, 0.1) is 18.5 Å². The Kier molecular flexibility index (Phi) is 3.24. The molecule has 3 nitrogen and oxygen atoms in total. The lowest BCUT2D eigenvalue weighted by Crippen LogP contribution is -1.95. The molecule has 4 heteroatoms. The molecule has 0 aliphatic rings. The fourth-order valence-corrected chi connectivity index (χ4v) is 1.95. The fraction of sp³-hybridized carbons (Fsp3) is 0.231. The minimum Gasteiger partial charge on any atom is -0.496 e. The molecule has 0 spiro atoms. The standard InChI is InChI=1S/C13H14N2OS/c1-8-4-5-10(13(16-3)9(8)2)11-6-14-7-12(17)15-11/h4-7H,1-3H3,(H,15,17). The van der Waals surface area contributed by atoms with E-state index in [0.717, 1.165) is 22.6 Å². The minimum atomic E-state index is 0.614. The highest BCUT2D eigenvalue weighted by molar-refractivity contribution is 7.71. The number of H-pyrrole nitrogens is 1. The Morgan fingerprint density at radius 1 is 1.24 bits per heavy atom. The Labute approximate surface area is 105 Å². The third-order valence-corrected chi connectivity index (χ3v) is 3.03. The van der Waals surface area contributed by atoms with E-state index in [1.807, 2.05) is 13.0 Å². The van der Waals surface area contributed by atoms with Crippen molar-refractivity contribution in [2.45, 2.75) is 13.8 Å². The highest BCUT2D eigenvalue weighted by Gasteiger charge is 2.10. The number of rotatable bonds is 2. The van der Waals surface area contributed by atoms with Gasteiger partial charge in [-0.1, -0.05) is 18.3 Å². The first-order valence-corrected chi connectivity index (χ1v) is 5.73. The van der Waals surface area contributed by atoms with Gasteiger partial charge >= 0.3 is 0 Å². The topological polar surface area (TPSA) is 37.9 Å². The lowest BCUT2D eigenvalue weighted by molar-refractivity contribution is 0.413. The Balaban J connectivity index is 2.68. The molecule has 88 valence electrons. The molecule has 0 aliphatic heterocycles. The van der Waals surface area contributed by atoms with Crippen LogP contribution in [-0.4, -0.2) is 17.1 Å². The number of aromatic nitrogens is 2. The summed E-state index contributed by atoms with van der Waals surface area (Å²) in [5.74, 6) is 0.864. The predicted molar refractivity (Wildman–Crippen MR) is 70.9 cm³/mol. The van der Waals surface area contributed by atoms with E-state index in [1.165, 1.54) is 5.56 Å². The van der Waals surface area contributed by atoms with E-state index in [4.69, 9.17) is 17.0 Å². The largest absolute Gasteiger partial charge is 0.496 e. The number of benzene rings is 1. The molecular formula is C13H14N2OS. The summed E-state index contributed by atoms with van der Waals surface area (Å²) in [5.41, 5.74) is 4.19. The molecule has 1 aromatic heterocycles. The number of methoxy groups -OCH3 is 1. The van der Waals surface area contributed by atoms with Crippen LogP contribution in [0.1, 0.15) is 11.1 Å². The van der Waals surface area contributed by atoms with Gasteiger partial charge in [0.1, 0.15) is 10.4 Å². The smallest absolute Gasteiger partial charge is 0.131 e. The van der Waals surface area contributed by atoms with Gasteiger partial charge in [0, 0.05) is 5.56 Å². The molecule has 0 fully saturated rings.